The Labute approximate surface area is 204 Å². The number of fused-ring (bicyclic) bond motifs is 2. The predicted octanol–water partition coefficient (Wildman–Crippen LogP) is 4.80. The van der Waals surface area contributed by atoms with E-state index >= 15 is 0 Å². The molecule has 5 heteroatoms. The Morgan fingerprint density at radius 3 is 2.62 bits per heavy atom. The summed E-state index contributed by atoms with van der Waals surface area (Å²) < 4.78 is 13.4. The number of piperidine rings is 1. The normalized spacial score (nSPS) is 41.7. The molecule has 4 aliphatic carbocycles. The van der Waals surface area contributed by atoms with Crippen LogP contribution in [0.5, 0.6) is 11.5 Å². The summed E-state index contributed by atoms with van der Waals surface area (Å²) in [6.45, 7) is 13.0. The molecule has 0 radical (unpaired) electrons. The third-order valence-corrected chi connectivity index (χ3v) is 11.5. The van der Waals surface area contributed by atoms with Gasteiger partial charge >= 0.3 is 0 Å². The first-order valence-electron chi connectivity index (χ1n) is 13.5. The van der Waals surface area contributed by atoms with Crippen molar-refractivity contribution in [2.45, 2.75) is 108 Å². The maximum absolute atomic E-state index is 12.2. The van der Waals surface area contributed by atoms with Crippen LogP contribution in [-0.4, -0.2) is 58.7 Å². The smallest absolute Gasteiger partial charge is 0.165 e. The number of ether oxygens (including phenoxy) is 2. The van der Waals surface area contributed by atoms with Crippen LogP contribution in [-0.2, 0) is 16.6 Å². The van der Waals surface area contributed by atoms with Gasteiger partial charge < -0.3 is 19.7 Å². The van der Waals surface area contributed by atoms with Crippen molar-refractivity contribution in [3.8, 4) is 11.5 Å². The van der Waals surface area contributed by atoms with Gasteiger partial charge in [-0.1, -0.05) is 40.2 Å². The molecule has 5 nitrogen and oxygen atoms in total. The Hall–Kier alpha value is -1.30. The summed E-state index contributed by atoms with van der Waals surface area (Å²) in [5.74, 6) is 0.921. The predicted molar refractivity (Wildman–Crippen MR) is 132 cm³/mol. The quantitative estimate of drug-likeness (QED) is 0.648. The van der Waals surface area contributed by atoms with Crippen LogP contribution in [0, 0.1) is 16.7 Å². The molecule has 6 aliphatic rings. The summed E-state index contributed by atoms with van der Waals surface area (Å²) in [7, 11) is 1.82. The number of aliphatic hydroxyl groups is 1. The maximum atomic E-state index is 12.2. The summed E-state index contributed by atoms with van der Waals surface area (Å²) in [5.41, 5.74) is 0.713. The standard InChI is InChI=1S/C29H43NO4/c1-7-8-14-30-15-13-28-22-18-9-10-19(31)23(22)34-24(28)29(33-6)12-11-27(28,21(30)16-18)17-20(29)26(5,32)25(2,3)4/h9-10,20-21,24,31-32H,7-8,11-17H2,1-6H3/t20-,21-,24-,26+,27-,28+,29+/m1/s1. The van der Waals surface area contributed by atoms with E-state index in [9.17, 15) is 10.2 Å². The van der Waals surface area contributed by atoms with E-state index in [1.54, 1.807) is 0 Å². The molecule has 2 spiro atoms. The van der Waals surface area contributed by atoms with Crippen molar-refractivity contribution < 1.29 is 19.7 Å². The van der Waals surface area contributed by atoms with Gasteiger partial charge in [-0.3, -0.25) is 4.90 Å². The summed E-state index contributed by atoms with van der Waals surface area (Å²) in [6.07, 6.45) is 7.24. The first-order valence-corrected chi connectivity index (χ1v) is 13.5. The van der Waals surface area contributed by atoms with Gasteiger partial charge in [0.15, 0.2) is 11.5 Å². The Morgan fingerprint density at radius 2 is 1.94 bits per heavy atom. The number of hydrogen-bond donors (Lipinski definition) is 2. The lowest BCUT2D eigenvalue weighted by Crippen LogP contribution is -2.83. The van der Waals surface area contributed by atoms with Crippen LogP contribution >= 0.6 is 0 Å². The second-order valence-corrected chi connectivity index (χ2v) is 13.2. The summed E-state index contributed by atoms with van der Waals surface area (Å²) in [6, 6.07) is 4.42. The minimum absolute atomic E-state index is 0.0237. The lowest BCUT2D eigenvalue weighted by Gasteiger charge is -2.75. The fourth-order valence-corrected chi connectivity index (χ4v) is 9.36. The third-order valence-electron chi connectivity index (χ3n) is 11.5. The van der Waals surface area contributed by atoms with Gasteiger partial charge in [0.25, 0.3) is 0 Å². The fraction of sp³-hybridized carbons (Fsp3) is 0.793. The van der Waals surface area contributed by atoms with Crippen LogP contribution in [0.1, 0.15) is 84.3 Å². The summed E-state index contributed by atoms with van der Waals surface area (Å²) in [5, 5.41) is 23.1. The number of rotatable bonds is 5. The van der Waals surface area contributed by atoms with Crippen LogP contribution in [0.2, 0.25) is 0 Å². The third kappa shape index (κ3) is 2.38. The van der Waals surface area contributed by atoms with Crippen molar-refractivity contribution in [2.75, 3.05) is 20.2 Å². The molecule has 0 aromatic heterocycles. The minimum atomic E-state index is -0.916. The summed E-state index contributed by atoms with van der Waals surface area (Å²) in [4.78, 5) is 2.77. The van der Waals surface area contributed by atoms with Crippen molar-refractivity contribution in [3.63, 3.8) is 0 Å². The number of phenolic OH excluding ortho intramolecular Hbond substituents is 1. The highest BCUT2D eigenvalue weighted by molar-refractivity contribution is 5.63. The monoisotopic (exact) mass is 469 g/mol. The molecule has 0 amide bonds. The van der Waals surface area contributed by atoms with Crippen LogP contribution in [0.15, 0.2) is 12.1 Å². The molecule has 0 unspecified atom stereocenters. The molecular weight excluding hydrogens is 426 g/mol. The Kier molecular flexibility index (Phi) is 4.71. The van der Waals surface area contributed by atoms with Gasteiger partial charge in [-0.05, 0) is 75.6 Å². The highest BCUT2D eigenvalue weighted by Crippen LogP contribution is 2.77. The number of benzene rings is 1. The van der Waals surface area contributed by atoms with Crippen LogP contribution in [0.25, 0.3) is 0 Å². The number of aromatic hydroxyl groups is 1. The first-order chi connectivity index (χ1) is 16.0. The van der Waals surface area contributed by atoms with Gasteiger partial charge in [-0.2, -0.15) is 0 Å². The topological polar surface area (TPSA) is 62.2 Å². The zero-order valence-electron chi connectivity index (χ0n) is 21.9. The lowest BCUT2D eigenvalue weighted by molar-refractivity contribution is -0.312. The second-order valence-electron chi connectivity index (χ2n) is 13.2. The van der Waals surface area contributed by atoms with Crippen molar-refractivity contribution in [1.82, 2.24) is 4.90 Å². The van der Waals surface area contributed by atoms with Crippen molar-refractivity contribution in [1.29, 1.82) is 0 Å². The Balaban J connectivity index is 1.60. The summed E-state index contributed by atoms with van der Waals surface area (Å²) >= 11 is 0. The van der Waals surface area contributed by atoms with E-state index in [0.29, 0.717) is 11.8 Å². The van der Waals surface area contributed by atoms with E-state index in [4.69, 9.17) is 9.47 Å². The number of likely N-dealkylation sites (tertiary alicyclic amines) is 1. The lowest BCUT2D eigenvalue weighted by atomic mass is 9.33. The average Bonchev–Trinajstić information content (AvgIpc) is 3.16. The zero-order chi connectivity index (χ0) is 24.3. The van der Waals surface area contributed by atoms with Crippen molar-refractivity contribution in [2.24, 2.45) is 16.7 Å². The number of methoxy groups -OCH3 is 1. The van der Waals surface area contributed by atoms with Gasteiger partial charge in [-0.25, -0.2) is 0 Å². The molecule has 7 atom stereocenters. The molecule has 1 aromatic carbocycles. The van der Waals surface area contributed by atoms with E-state index in [0.717, 1.165) is 45.2 Å². The molecule has 1 saturated heterocycles. The molecule has 2 N–H and O–H groups in total. The number of nitrogens with zero attached hydrogens (tertiary/aromatic N) is 1. The van der Waals surface area contributed by atoms with Gasteiger partial charge in [0.05, 0.1) is 5.60 Å². The van der Waals surface area contributed by atoms with Crippen LogP contribution in [0.3, 0.4) is 0 Å². The van der Waals surface area contributed by atoms with Crippen LogP contribution < -0.4 is 4.74 Å². The van der Waals surface area contributed by atoms with E-state index in [1.807, 2.05) is 20.1 Å². The van der Waals surface area contributed by atoms with E-state index in [1.165, 1.54) is 24.0 Å². The van der Waals surface area contributed by atoms with Gasteiger partial charge in [0, 0.05) is 35.5 Å². The SMILES string of the molecule is CCCCN1CC[C@]23c4c5ccc(O)c4O[C@H]2[C@]2(OC)CC[C@@]3(C[C@@H]2[C@](C)(O)C(C)(C)C)[C@H]1C5. The highest BCUT2D eigenvalue weighted by atomic mass is 16.6. The fourth-order valence-electron chi connectivity index (χ4n) is 9.36. The molecule has 34 heavy (non-hydrogen) atoms. The average molecular weight is 470 g/mol. The van der Waals surface area contributed by atoms with E-state index in [2.05, 4.69) is 38.7 Å². The van der Waals surface area contributed by atoms with Gasteiger partial charge in [-0.15, -0.1) is 0 Å². The molecule has 3 saturated carbocycles. The molecule has 4 bridgehead atoms. The van der Waals surface area contributed by atoms with Gasteiger partial charge in [0.1, 0.15) is 11.7 Å². The van der Waals surface area contributed by atoms with Crippen molar-refractivity contribution in [3.05, 3.63) is 23.3 Å². The number of unbranched alkanes of at least 4 members (excludes halogenated alkanes) is 1. The highest BCUT2D eigenvalue weighted by Gasteiger charge is 2.82. The molecule has 4 fully saturated rings. The van der Waals surface area contributed by atoms with E-state index in [-0.39, 0.29) is 34.0 Å². The molecule has 7 rings (SSSR count). The van der Waals surface area contributed by atoms with Crippen LogP contribution in [0.4, 0.5) is 0 Å². The second kappa shape index (κ2) is 6.92. The number of hydrogen-bond acceptors (Lipinski definition) is 5. The Bertz CT molecular complexity index is 1010. The molecule has 188 valence electrons. The molecule has 2 aliphatic heterocycles. The number of phenols is 1. The molecule has 1 aromatic rings. The zero-order valence-corrected chi connectivity index (χ0v) is 21.9. The van der Waals surface area contributed by atoms with Crippen molar-refractivity contribution >= 4 is 0 Å². The largest absolute Gasteiger partial charge is 0.504 e. The first kappa shape index (κ1) is 23.1. The van der Waals surface area contributed by atoms with E-state index < -0.39 is 11.2 Å². The molecular formula is C29H43NO4. The minimum Gasteiger partial charge on any atom is -0.504 e. The maximum Gasteiger partial charge on any atom is 0.165 e. The molecule has 2 heterocycles. The van der Waals surface area contributed by atoms with Gasteiger partial charge in [0.2, 0.25) is 0 Å². The Morgan fingerprint density at radius 1 is 1.18 bits per heavy atom.